The number of nitrogens with zero attached hydrogens (tertiary/aromatic N) is 1. The summed E-state index contributed by atoms with van der Waals surface area (Å²) in [6.45, 7) is 1.63. The molecule has 0 spiro atoms. The number of nitrogen functional groups attached to an aromatic ring is 1. The Morgan fingerprint density at radius 1 is 1.53 bits per heavy atom. The smallest absolute Gasteiger partial charge is 0.384 e. The lowest BCUT2D eigenvalue weighted by atomic mass is 10.1. The van der Waals surface area contributed by atoms with Crippen LogP contribution in [0.2, 0.25) is 0 Å². The number of esters is 1. The number of methoxy groups -OCH3 is 1. The molecule has 6 nitrogen and oxygen atoms in total. The van der Waals surface area contributed by atoms with Gasteiger partial charge in [0.1, 0.15) is 5.69 Å². The van der Waals surface area contributed by atoms with Gasteiger partial charge in [-0.15, -0.1) is 0 Å². The molecular formula is C11H10N2O4. The van der Waals surface area contributed by atoms with E-state index in [1.165, 1.54) is 13.2 Å². The third-order valence-electron chi connectivity index (χ3n) is 2.06. The first kappa shape index (κ1) is 12.5. The Labute approximate surface area is 97.5 Å². The third-order valence-corrected chi connectivity index (χ3v) is 2.06. The minimum Gasteiger partial charge on any atom is -0.459 e. The molecule has 2 N–H and O–H groups in total. The SMILES string of the molecule is COC(=O)C#Cc1cc(C)c(N)c([N+](=O)[O-])c1. The van der Waals surface area contributed by atoms with Crippen molar-refractivity contribution in [1.82, 2.24) is 0 Å². The molecule has 0 radical (unpaired) electrons. The second kappa shape index (κ2) is 4.99. The van der Waals surface area contributed by atoms with E-state index in [1.54, 1.807) is 13.0 Å². The van der Waals surface area contributed by atoms with Gasteiger partial charge in [-0.25, -0.2) is 4.79 Å². The zero-order valence-electron chi connectivity index (χ0n) is 9.31. The van der Waals surface area contributed by atoms with Crippen LogP contribution in [-0.4, -0.2) is 18.0 Å². The highest BCUT2D eigenvalue weighted by atomic mass is 16.6. The molecule has 0 unspecified atom stereocenters. The van der Waals surface area contributed by atoms with E-state index in [0.717, 1.165) is 0 Å². The molecule has 1 aromatic rings. The van der Waals surface area contributed by atoms with Crippen LogP contribution in [0.1, 0.15) is 11.1 Å². The number of rotatable bonds is 1. The number of anilines is 1. The Bertz CT molecular complexity index is 540. The highest BCUT2D eigenvalue weighted by Gasteiger charge is 2.14. The van der Waals surface area contributed by atoms with Crippen molar-refractivity contribution in [2.45, 2.75) is 6.92 Å². The summed E-state index contributed by atoms with van der Waals surface area (Å²) < 4.78 is 4.33. The van der Waals surface area contributed by atoms with Gasteiger partial charge in [0.15, 0.2) is 0 Å². The van der Waals surface area contributed by atoms with Crippen LogP contribution in [0.4, 0.5) is 11.4 Å². The summed E-state index contributed by atoms with van der Waals surface area (Å²) in [5.74, 6) is 3.95. The van der Waals surface area contributed by atoms with Gasteiger partial charge in [-0.3, -0.25) is 10.1 Å². The average molecular weight is 234 g/mol. The summed E-state index contributed by atoms with van der Waals surface area (Å²) in [4.78, 5) is 20.9. The number of carbonyl (C=O) groups is 1. The van der Waals surface area contributed by atoms with Gasteiger partial charge in [0, 0.05) is 17.6 Å². The van der Waals surface area contributed by atoms with Crippen molar-refractivity contribution >= 4 is 17.3 Å². The van der Waals surface area contributed by atoms with Crippen LogP contribution >= 0.6 is 0 Å². The summed E-state index contributed by atoms with van der Waals surface area (Å²) in [6, 6.07) is 2.79. The van der Waals surface area contributed by atoms with Crippen LogP contribution in [-0.2, 0) is 9.53 Å². The number of aryl methyl sites for hydroxylation is 1. The minimum absolute atomic E-state index is 0.0959. The molecule has 0 amide bonds. The molecule has 0 aromatic heterocycles. The van der Waals surface area contributed by atoms with Crippen molar-refractivity contribution < 1.29 is 14.5 Å². The van der Waals surface area contributed by atoms with Crippen molar-refractivity contribution in [1.29, 1.82) is 0 Å². The molecule has 0 saturated carbocycles. The van der Waals surface area contributed by atoms with Crippen molar-refractivity contribution in [3.8, 4) is 11.8 Å². The Morgan fingerprint density at radius 2 is 2.18 bits per heavy atom. The van der Waals surface area contributed by atoms with Gasteiger partial charge < -0.3 is 10.5 Å². The van der Waals surface area contributed by atoms with Crippen LogP contribution in [0.5, 0.6) is 0 Å². The largest absolute Gasteiger partial charge is 0.459 e. The molecule has 0 aliphatic carbocycles. The third kappa shape index (κ3) is 2.95. The van der Waals surface area contributed by atoms with Gasteiger partial charge in [0.2, 0.25) is 0 Å². The van der Waals surface area contributed by atoms with Gasteiger partial charge in [-0.05, 0) is 18.6 Å². The predicted octanol–water partition coefficient (Wildman–Crippen LogP) is 1.01. The first-order chi connectivity index (χ1) is 7.95. The van der Waals surface area contributed by atoms with Crippen molar-refractivity contribution in [3.05, 3.63) is 33.4 Å². The van der Waals surface area contributed by atoms with Crippen molar-refractivity contribution in [2.75, 3.05) is 12.8 Å². The van der Waals surface area contributed by atoms with E-state index in [4.69, 9.17) is 5.73 Å². The van der Waals surface area contributed by atoms with Gasteiger partial charge >= 0.3 is 5.97 Å². The fourth-order valence-electron chi connectivity index (χ4n) is 1.18. The molecule has 0 aliphatic rings. The first-order valence-electron chi connectivity index (χ1n) is 4.60. The zero-order valence-corrected chi connectivity index (χ0v) is 9.31. The van der Waals surface area contributed by atoms with E-state index in [9.17, 15) is 14.9 Å². The monoisotopic (exact) mass is 234 g/mol. The van der Waals surface area contributed by atoms with Gasteiger partial charge in [0.25, 0.3) is 5.69 Å². The molecule has 1 aromatic carbocycles. The molecule has 0 heterocycles. The lowest BCUT2D eigenvalue weighted by Crippen LogP contribution is -1.99. The second-order valence-corrected chi connectivity index (χ2v) is 3.22. The first-order valence-corrected chi connectivity index (χ1v) is 4.60. The quantitative estimate of drug-likeness (QED) is 0.257. The fraction of sp³-hybridized carbons (Fsp3) is 0.182. The fourth-order valence-corrected chi connectivity index (χ4v) is 1.18. The topological polar surface area (TPSA) is 95.5 Å². The van der Waals surface area contributed by atoms with E-state index >= 15 is 0 Å². The van der Waals surface area contributed by atoms with Gasteiger partial charge in [0.05, 0.1) is 12.0 Å². The van der Waals surface area contributed by atoms with E-state index < -0.39 is 10.9 Å². The molecule has 88 valence electrons. The molecule has 0 bridgehead atoms. The number of nitro benzene ring substituents is 1. The zero-order chi connectivity index (χ0) is 13.0. The van der Waals surface area contributed by atoms with Crippen LogP contribution < -0.4 is 5.73 Å². The lowest BCUT2D eigenvalue weighted by molar-refractivity contribution is -0.383. The van der Waals surface area contributed by atoms with Gasteiger partial charge in [-0.2, -0.15) is 0 Å². The van der Waals surface area contributed by atoms with Crippen LogP contribution in [0, 0.1) is 28.9 Å². The average Bonchev–Trinajstić information content (AvgIpc) is 2.29. The molecule has 0 atom stereocenters. The van der Waals surface area contributed by atoms with Crippen molar-refractivity contribution in [3.63, 3.8) is 0 Å². The molecule has 0 saturated heterocycles. The maximum atomic E-state index is 10.8. The predicted molar refractivity (Wildman–Crippen MR) is 61.1 cm³/mol. The molecule has 17 heavy (non-hydrogen) atoms. The second-order valence-electron chi connectivity index (χ2n) is 3.22. The number of carbonyl (C=O) groups excluding carboxylic acids is 1. The normalized spacial score (nSPS) is 9.06. The summed E-state index contributed by atoms with van der Waals surface area (Å²) in [7, 11) is 1.20. The van der Waals surface area contributed by atoms with E-state index in [-0.39, 0.29) is 11.4 Å². The number of ether oxygens (including phenoxy) is 1. The summed E-state index contributed by atoms with van der Waals surface area (Å²) in [5, 5.41) is 10.7. The van der Waals surface area contributed by atoms with Crippen LogP contribution in [0.3, 0.4) is 0 Å². The van der Waals surface area contributed by atoms with Gasteiger partial charge in [-0.1, -0.05) is 5.92 Å². The summed E-state index contributed by atoms with van der Waals surface area (Å²) in [6.07, 6.45) is 0. The van der Waals surface area contributed by atoms with E-state index in [1.807, 2.05) is 0 Å². The molecular weight excluding hydrogens is 224 g/mol. The Morgan fingerprint density at radius 3 is 2.71 bits per heavy atom. The number of nitro groups is 1. The molecule has 6 heteroatoms. The minimum atomic E-state index is -0.706. The summed E-state index contributed by atoms with van der Waals surface area (Å²) >= 11 is 0. The number of hydrogen-bond donors (Lipinski definition) is 1. The Kier molecular flexibility index (Phi) is 3.67. The molecule has 0 fully saturated rings. The number of hydrogen-bond acceptors (Lipinski definition) is 5. The van der Waals surface area contributed by atoms with E-state index in [2.05, 4.69) is 16.6 Å². The van der Waals surface area contributed by atoms with E-state index in [0.29, 0.717) is 11.1 Å². The highest BCUT2D eigenvalue weighted by molar-refractivity contribution is 5.89. The standard InChI is InChI=1S/C11H10N2O4/c1-7-5-8(3-4-10(14)17-2)6-9(11(7)12)13(15)16/h5-6H,12H2,1-2H3. The Hall–Kier alpha value is -2.55. The van der Waals surface area contributed by atoms with Crippen LogP contribution in [0.15, 0.2) is 12.1 Å². The maximum Gasteiger partial charge on any atom is 0.384 e. The van der Waals surface area contributed by atoms with Crippen LogP contribution in [0.25, 0.3) is 0 Å². The lowest BCUT2D eigenvalue weighted by Gasteiger charge is -2.01. The Balaban J connectivity index is 3.23. The molecule has 0 aliphatic heterocycles. The van der Waals surface area contributed by atoms with Crippen molar-refractivity contribution in [2.24, 2.45) is 0 Å². The maximum absolute atomic E-state index is 10.8. The molecule has 1 rings (SSSR count). The summed E-state index contributed by atoms with van der Waals surface area (Å²) in [5.41, 5.74) is 6.30. The number of benzene rings is 1. The highest BCUT2D eigenvalue weighted by Crippen LogP contribution is 2.26. The number of nitrogens with two attached hydrogens (primary N) is 1.